The van der Waals surface area contributed by atoms with Gasteiger partial charge in [0.15, 0.2) is 5.78 Å². The van der Waals surface area contributed by atoms with E-state index < -0.39 is 5.97 Å². The lowest BCUT2D eigenvalue weighted by atomic mass is 10.1. The first kappa shape index (κ1) is 14.5. The molecule has 0 fully saturated rings. The number of benzene rings is 2. The third-order valence-corrected chi connectivity index (χ3v) is 2.81. The van der Waals surface area contributed by atoms with Crippen molar-refractivity contribution >= 4 is 23.9 Å². The van der Waals surface area contributed by atoms with Crippen molar-refractivity contribution in [2.75, 3.05) is 0 Å². The van der Waals surface area contributed by atoms with E-state index in [1.165, 1.54) is 12.2 Å². The first-order valence-electron chi connectivity index (χ1n) is 6.44. The number of ketones is 1. The van der Waals surface area contributed by atoms with E-state index in [0.29, 0.717) is 5.56 Å². The largest absolute Gasteiger partial charge is 0.478 e. The minimum Gasteiger partial charge on any atom is -0.478 e. The average Bonchev–Trinajstić information content (AvgIpc) is 2.52. The van der Waals surface area contributed by atoms with E-state index in [1.54, 1.807) is 24.3 Å². The fourth-order valence-electron chi connectivity index (χ4n) is 1.80. The number of carboxylic acid groups (broad SMARTS) is 1. The van der Waals surface area contributed by atoms with Gasteiger partial charge in [-0.25, -0.2) is 4.79 Å². The monoisotopic (exact) mass is 278 g/mol. The van der Waals surface area contributed by atoms with E-state index in [1.807, 2.05) is 36.4 Å². The summed E-state index contributed by atoms with van der Waals surface area (Å²) in [6.07, 6.45) is 5.82. The molecule has 0 amide bonds. The molecule has 0 aliphatic rings. The minimum absolute atomic E-state index is 0.0675. The van der Waals surface area contributed by atoms with Crippen LogP contribution in [0.3, 0.4) is 0 Å². The van der Waals surface area contributed by atoms with Crippen LogP contribution in [0.4, 0.5) is 0 Å². The second-order valence-corrected chi connectivity index (χ2v) is 4.41. The smallest absolute Gasteiger partial charge is 0.328 e. The summed E-state index contributed by atoms with van der Waals surface area (Å²) < 4.78 is 0. The van der Waals surface area contributed by atoms with Gasteiger partial charge in [0, 0.05) is 11.6 Å². The first-order valence-corrected chi connectivity index (χ1v) is 6.44. The van der Waals surface area contributed by atoms with Crippen molar-refractivity contribution in [3.63, 3.8) is 0 Å². The Morgan fingerprint density at radius 3 is 2.05 bits per heavy atom. The summed E-state index contributed by atoms with van der Waals surface area (Å²) in [6, 6.07) is 16.3. The van der Waals surface area contributed by atoms with Gasteiger partial charge in [0.25, 0.3) is 0 Å². The third kappa shape index (κ3) is 4.58. The van der Waals surface area contributed by atoms with Crippen molar-refractivity contribution in [3.05, 3.63) is 83.4 Å². The van der Waals surface area contributed by atoms with Crippen molar-refractivity contribution in [3.8, 4) is 0 Å². The molecule has 0 saturated carbocycles. The van der Waals surface area contributed by atoms with Gasteiger partial charge < -0.3 is 5.11 Å². The van der Waals surface area contributed by atoms with Crippen LogP contribution in [0.2, 0.25) is 0 Å². The van der Waals surface area contributed by atoms with Crippen molar-refractivity contribution in [1.82, 2.24) is 0 Å². The summed E-state index contributed by atoms with van der Waals surface area (Å²) in [4.78, 5) is 22.4. The highest BCUT2D eigenvalue weighted by Gasteiger charge is 1.99. The Hall–Kier alpha value is -2.94. The van der Waals surface area contributed by atoms with Gasteiger partial charge in [0.05, 0.1) is 0 Å². The Morgan fingerprint density at radius 2 is 1.43 bits per heavy atom. The predicted octanol–water partition coefficient (Wildman–Crippen LogP) is 3.68. The van der Waals surface area contributed by atoms with Gasteiger partial charge in [0.1, 0.15) is 0 Å². The molecule has 0 aliphatic heterocycles. The Labute approximate surface area is 122 Å². The Kier molecular flexibility index (Phi) is 4.83. The molecule has 0 atom stereocenters. The number of hydrogen-bond donors (Lipinski definition) is 1. The maximum atomic E-state index is 11.9. The molecule has 0 radical (unpaired) electrons. The van der Waals surface area contributed by atoms with Crippen molar-refractivity contribution in [2.24, 2.45) is 0 Å². The molecular weight excluding hydrogens is 264 g/mol. The van der Waals surface area contributed by atoms with E-state index in [4.69, 9.17) is 5.11 Å². The van der Waals surface area contributed by atoms with Crippen LogP contribution in [0.5, 0.6) is 0 Å². The number of rotatable bonds is 5. The first-order chi connectivity index (χ1) is 10.1. The summed E-state index contributed by atoms with van der Waals surface area (Å²) in [6.45, 7) is 0. The minimum atomic E-state index is -0.991. The van der Waals surface area contributed by atoms with Crippen molar-refractivity contribution in [2.45, 2.75) is 0 Å². The molecule has 0 aliphatic carbocycles. The van der Waals surface area contributed by atoms with Crippen LogP contribution in [-0.2, 0) is 4.79 Å². The summed E-state index contributed by atoms with van der Waals surface area (Å²) in [7, 11) is 0. The molecule has 3 nitrogen and oxygen atoms in total. The van der Waals surface area contributed by atoms with Gasteiger partial charge in [0.2, 0.25) is 0 Å². The zero-order valence-corrected chi connectivity index (χ0v) is 11.3. The van der Waals surface area contributed by atoms with Gasteiger partial charge in [-0.2, -0.15) is 0 Å². The van der Waals surface area contributed by atoms with Gasteiger partial charge in [-0.1, -0.05) is 54.6 Å². The maximum absolute atomic E-state index is 11.9. The molecule has 21 heavy (non-hydrogen) atoms. The Balaban J connectivity index is 2.12. The molecule has 0 saturated heterocycles. The topological polar surface area (TPSA) is 54.4 Å². The number of carbonyl (C=O) groups is 2. The van der Waals surface area contributed by atoms with E-state index >= 15 is 0 Å². The maximum Gasteiger partial charge on any atom is 0.328 e. The fourth-order valence-corrected chi connectivity index (χ4v) is 1.80. The summed E-state index contributed by atoms with van der Waals surface area (Å²) >= 11 is 0. The van der Waals surface area contributed by atoms with Crippen LogP contribution >= 0.6 is 0 Å². The molecule has 1 N–H and O–H groups in total. The van der Waals surface area contributed by atoms with Crippen molar-refractivity contribution < 1.29 is 14.7 Å². The standard InChI is InChI=1S/C18H14O3/c19-17(16-7-2-1-3-8-16)11-9-14-5-4-6-15(13-14)10-12-18(20)21/h1-13H,(H,20,21). The third-order valence-electron chi connectivity index (χ3n) is 2.81. The molecule has 2 aromatic carbocycles. The molecule has 0 unspecified atom stereocenters. The Bertz CT molecular complexity index is 697. The number of hydrogen-bond acceptors (Lipinski definition) is 2. The number of allylic oxidation sites excluding steroid dienone is 1. The van der Waals surface area contributed by atoms with E-state index in [-0.39, 0.29) is 5.78 Å². The van der Waals surface area contributed by atoms with E-state index in [2.05, 4.69) is 0 Å². The normalized spacial score (nSPS) is 11.0. The van der Waals surface area contributed by atoms with Gasteiger partial charge in [-0.15, -0.1) is 0 Å². The fraction of sp³-hybridized carbons (Fsp3) is 0. The van der Waals surface area contributed by atoms with Crippen LogP contribution in [0.15, 0.2) is 66.7 Å². The molecular formula is C18H14O3. The van der Waals surface area contributed by atoms with Crippen LogP contribution in [0.1, 0.15) is 21.5 Å². The lowest BCUT2D eigenvalue weighted by Crippen LogP contribution is -1.92. The lowest BCUT2D eigenvalue weighted by Gasteiger charge is -1.97. The quantitative estimate of drug-likeness (QED) is 0.670. The summed E-state index contributed by atoms with van der Waals surface area (Å²) in [5.74, 6) is -1.06. The molecule has 3 heteroatoms. The zero-order valence-electron chi connectivity index (χ0n) is 11.3. The molecule has 2 rings (SSSR count). The Morgan fingerprint density at radius 1 is 0.810 bits per heavy atom. The van der Waals surface area contributed by atoms with E-state index in [0.717, 1.165) is 17.2 Å². The molecule has 0 spiro atoms. The molecule has 0 bridgehead atoms. The lowest BCUT2D eigenvalue weighted by molar-refractivity contribution is -0.131. The van der Waals surface area contributed by atoms with Crippen LogP contribution < -0.4 is 0 Å². The molecule has 2 aromatic rings. The molecule has 104 valence electrons. The second-order valence-electron chi connectivity index (χ2n) is 4.41. The second kappa shape index (κ2) is 7.01. The van der Waals surface area contributed by atoms with Crippen LogP contribution in [-0.4, -0.2) is 16.9 Å². The average molecular weight is 278 g/mol. The summed E-state index contributed by atoms with van der Waals surface area (Å²) in [5.41, 5.74) is 2.24. The molecule has 0 heterocycles. The van der Waals surface area contributed by atoms with Gasteiger partial charge in [-0.3, -0.25) is 4.79 Å². The van der Waals surface area contributed by atoms with Gasteiger partial charge >= 0.3 is 5.97 Å². The van der Waals surface area contributed by atoms with Crippen LogP contribution in [0, 0.1) is 0 Å². The highest BCUT2D eigenvalue weighted by Crippen LogP contribution is 2.10. The van der Waals surface area contributed by atoms with Crippen LogP contribution in [0.25, 0.3) is 12.2 Å². The molecule has 0 aromatic heterocycles. The highest BCUT2D eigenvalue weighted by atomic mass is 16.4. The zero-order chi connectivity index (χ0) is 15.1. The summed E-state index contributed by atoms with van der Waals surface area (Å²) in [5, 5.41) is 8.60. The number of aliphatic carboxylic acids is 1. The predicted molar refractivity (Wildman–Crippen MR) is 82.9 cm³/mol. The number of carbonyl (C=O) groups excluding carboxylic acids is 1. The van der Waals surface area contributed by atoms with Gasteiger partial charge in [-0.05, 0) is 29.3 Å². The SMILES string of the molecule is O=C(O)C=Cc1cccc(C=CC(=O)c2ccccc2)c1. The highest BCUT2D eigenvalue weighted by molar-refractivity contribution is 6.06. The number of carboxylic acids is 1. The van der Waals surface area contributed by atoms with E-state index in [9.17, 15) is 9.59 Å². The van der Waals surface area contributed by atoms with Crippen molar-refractivity contribution in [1.29, 1.82) is 0 Å².